The van der Waals surface area contributed by atoms with Gasteiger partial charge in [-0.1, -0.05) is 26.2 Å². The Morgan fingerprint density at radius 3 is 2.67 bits per heavy atom. The fourth-order valence-corrected chi connectivity index (χ4v) is 5.73. The molecule has 2 aromatic heterocycles. The number of nitrogens with one attached hydrogen (secondary N) is 1. The maximum Gasteiger partial charge on any atom is 0.287 e. The molecule has 0 spiro atoms. The van der Waals surface area contributed by atoms with Crippen LogP contribution < -0.4 is 5.32 Å². The summed E-state index contributed by atoms with van der Waals surface area (Å²) in [5.74, 6) is 1.21. The Morgan fingerprint density at radius 2 is 1.89 bits per heavy atom. The quantitative estimate of drug-likeness (QED) is 0.375. The molecule has 192 valence electrons. The second kappa shape index (κ2) is 11.4. The van der Waals surface area contributed by atoms with Crippen LogP contribution in [0.3, 0.4) is 0 Å². The monoisotopic (exact) mass is 492 g/mol. The number of furan rings is 1. The molecule has 0 bridgehead atoms. The third-order valence-corrected chi connectivity index (χ3v) is 7.62. The number of likely N-dealkylation sites (tertiary alicyclic amines) is 1. The Balaban J connectivity index is 1.30. The number of rotatable bonds is 8. The van der Waals surface area contributed by atoms with Gasteiger partial charge in [0.05, 0.1) is 12.0 Å². The number of nitrogens with zero attached hydrogens (tertiary/aromatic N) is 3. The maximum atomic E-state index is 13.6. The molecule has 1 N–H and O–H groups in total. The number of hydrogen-bond acceptors (Lipinski definition) is 4. The first kappa shape index (κ1) is 24.8. The van der Waals surface area contributed by atoms with Crippen molar-refractivity contribution < 1.29 is 13.6 Å². The van der Waals surface area contributed by atoms with Gasteiger partial charge in [-0.15, -0.1) is 0 Å². The number of piperidine rings is 1. The standard InChI is InChI=1S/C29H37FN4O2/c1-21-7-5-17-33(19-21)18-6-16-31-29(35)26-15-14-25(36-26)28-27(22-10-12-23(30)13-11-22)32-20-34(28)24-8-3-2-4-9-24/h10-15,20-21,24H,2-9,16-19H2,1H3,(H,31,35)/t21-/m0/s1. The van der Waals surface area contributed by atoms with E-state index in [9.17, 15) is 9.18 Å². The largest absolute Gasteiger partial charge is 0.449 e. The van der Waals surface area contributed by atoms with Crippen LogP contribution in [0.5, 0.6) is 0 Å². The number of benzene rings is 1. The van der Waals surface area contributed by atoms with Crippen molar-refractivity contribution in [3.05, 3.63) is 54.3 Å². The van der Waals surface area contributed by atoms with Crippen molar-refractivity contribution in [2.24, 2.45) is 5.92 Å². The molecule has 5 rings (SSSR count). The zero-order chi connectivity index (χ0) is 24.9. The molecule has 2 aliphatic rings. The van der Waals surface area contributed by atoms with Crippen LogP contribution in [-0.4, -0.2) is 46.5 Å². The van der Waals surface area contributed by atoms with Crippen molar-refractivity contribution in [1.82, 2.24) is 19.8 Å². The molecule has 36 heavy (non-hydrogen) atoms. The van der Waals surface area contributed by atoms with E-state index >= 15 is 0 Å². The predicted octanol–water partition coefficient (Wildman–Crippen LogP) is 6.31. The van der Waals surface area contributed by atoms with Gasteiger partial charge in [0.25, 0.3) is 5.91 Å². The van der Waals surface area contributed by atoms with Crippen molar-refractivity contribution in [2.75, 3.05) is 26.2 Å². The Bertz CT molecular complexity index is 1150. The second-order valence-electron chi connectivity index (χ2n) is 10.5. The molecular formula is C29H37FN4O2. The summed E-state index contributed by atoms with van der Waals surface area (Å²) < 4.78 is 21.9. The highest BCUT2D eigenvalue weighted by atomic mass is 19.1. The zero-order valence-corrected chi connectivity index (χ0v) is 21.2. The summed E-state index contributed by atoms with van der Waals surface area (Å²) in [5.41, 5.74) is 2.43. The van der Waals surface area contributed by atoms with E-state index in [1.54, 1.807) is 18.2 Å². The predicted molar refractivity (Wildman–Crippen MR) is 139 cm³/mol. The molecule has 1 atom stereocenters. The van der Waals surface area contributed by atoms with Gasteiger partial charge in [-0.3, -0.25) is 4.79 Å². The lowest BCUT2D eigenvalue weighted by Crippen LogP contribution is -2.36. The van der Waals surface area contributed by atoms with E-state index in [0.29, 0.717) is 24.1 Å². The molecule has 1 saturated carbocycles. The minimum atomic E-state index is -0.279. The molecule has 7 heteroatoms. The maximum absolute atomic E-state index is 13.6. The van der Waals surface area contributed by atoms with Crippen LogP contribution in [0.25, 0.3) is 22.7 Å². The molecule has 6 nitrogen and oxygen atoms in total. The van der Waals surface area contributed by atoms with Gasteiger partial charge in [0.2, 0.25) is 0 Å². The first-order chi connectivity index (χ1) is 17.6. The highest BCUT2D eigenvalue weighted by Gasteiger charge is 2.25. The van der Waals surface area contributed by atoms with E-state index in [1.165, 1.54) is 44.2 Å². The Morgan fingerprint density at radius 1 is 1.08 bits per heavy atom. The van der Waals surface area contributed by atoms with Gasteiger partial charge in [0.1, 0.15) is 11.5 Å². The minimum Gasteiger partial charge on any atom is -0.449 e. The average molecular weight is 493 g/mol. The highest BCUT2D eigenvalue weighted by Crippen LogP contribution is 2.38. The molecule has 3 aromatic rings. The van der Waals surface area contributed by atoms with E-state index in [0.717, 1.165) is 61.8 Å². The first-order valence-corrected chi connectivity index (χ1v) is 13.5. The SMILES string of the molecule is C[C@H]1CCCN(CCCNC(=O)c2ccc(-c3c(-c4ccc(F)cc4)ncn3C3CCCCC3)o2)C1. The van der Waals surface area contributed by atoms with Crippen LogP contribution in [0, 0.1) is 11.7 Å². The lowest BCUT2D eigenvalue weighted by molar-refractivity contribution is 0.0923. The lowest BCUT2D eigenvalue weighted by Gasteiger charge is -2.30. The molecular weight excluding hydrogens is 455 g/mol. The average Bonchev–Trinajstić information content (AvgIpc) is 3.55. The van der Waals surface area contributed by atoms with Crippen LogP contribution in [0.4, 0.5) is 4.39 Å². The summed E-state index contributed by atoms with van der Waals surface area (Å²) in [6, 6.07) is 10.3. The highest BCUT2D eigenvalue weighted by molar-refractivity contribution is 5.92. The van der Waals surface area contributed by atoms with E-state index < -0.39 is 0 Å². The summed E-state index contributed by atoms with van der Waals surface area (Å²) >= 11 is 0. The summed E-state index contributed by atoms with van der Waals surface area (Å²) in [6.45, 7) is 6.26. The Kier molecular flexibility index (Phi) is 7.85. The fraction of sp³-hybridized carbons (Fsp3) is 0.517. The molecule has 1 aliphatic carbocycles. The zero-order valence-electron chi connectivity index (χ0n) is 21.2. The van der Waals surface area contributed by atoms with Crippen molar-refractivity contribution in [1.29, 1.82) is 0 Å². The topological polar surface area (TPSA) is 63.3 Å². The summed E-state index contributed by atoms with van der Waals surface area (Å²) in [5, 5.41) is 3.02. The number of hydrogen-bond donors (Lipinski definition) is 1. The number of carbonyl (C=O) groups excluding carboxylic acids is 1. The molecule has 0 unspecified atom stereocenters. The second-order valence-corrected chi connectivity index (χ2v) is 10.5. The molecule has 2 fully saturated rings. The molecule has 3 heterocycles. The molecule has 1 aliphatic heterocycles. The summed E-state index contributed by atoms with van der Waals surface area (Å²) in [6.07, 6.45) is 11.2. The smallest absolute Gasteiger partial charge is 0.287 e. The van der Waals surface area contributed by atoms with Crippen molar-refractivity contribution in [2.45, 2.75) is 64.3 Å². The molecule has 1 amide bonds. The number of aromatic nitrogens is 2. The molecule has 1 aromatic carbocycles. The summed E-state index contributed by atoms with van der Waals surface area (Å²) in [7, 11) is 0. The van der Waals surface area contributed by atoms with Crippen LogP contribution in [0.15, 0.2) is 47.1 Å². The van der Waals surface area contributed by atoms with Gasteiger partial charge >= 0.3 is 0 Å². The minimum absolute atomic E-state index is 0.194. The van der Waals surface area contributed by atoms with E-state index in [1.807, 2.05) is 12.4 Å². The molecule has 0 radical (unpaired) electrons. The normalized spacial score (nSPS) is 19.4. The van der Waals surface area contributed by atoms with Crippen LogP contribution in [0.1, 0.15) is 74.9 Å². The van der Waals surface area contributed by atoms with Gasteiger partial charge < -0.3 is 19.2 Å². The number of carbonyl (C=O) groups is 1. The number of imidazole rings is 1. The van der Waals surface area contributed by atoms with E-state index in [4.69, 9.17) is 9.40 Å². The van der Waals surface area contributed by atoms with Crippen LogP contribution in [0.2, 0.25) is 0 Å². The Hall–Kier alpha value is -2.93. The van der Waals surface area contributed by atoms with Crippen molar-refractivity contribution in [3.63, 3.8) is 0 Å². The first-order valence-electron chi connectivity index (χ1n) is 13.5. The van der Waals surface area contributed by atoms with E-state index in [2.05, 4.69) is 21.7 Å². The fourth-order valence-electron chi connectivity index (χ4n) is 5.73. The third kappa shape index (κ3) is 5.72. The van der Waals surface area contributed by atoms with Gasteiger partial charge in [-0.05, 0) is 87.5 Å². The number of amides is 1. The Labute approximate surface area is 212 Å². The number of halogens is 1. The van der Waals surface area contributed by atoms with Crippen LogP contribution >= 0.6 is 0 Å². The third-order valence-electron chi connectivity index (χ3n) is 7.62. The summed E-state index contributed by atoms with van der Waals surface area (Å²) in [4.78, 5) is 20.0. The van der Waals surface area contributed by atoms with E-state index in [-0.39, 0.29) is 11.7 Å². The lowest BCUT2D eigenvalue weighted by atomic mass is 9.95. The van der Waals surface area contributed by atoms with Gasteiger partial charge in [-0.25, -0.2) is 9.37 Å². The van der Waals surface area contributed by atoms with Crippen molar-refractivity contribution >= 4 is 5.91 Å². The molecule has 1 saturated heterocycles. The van der Waals surface area contributed by atoms with Gasteiger partial charge in [-0.2, -0.15) is 0 Å². The van der Waals surface area contributed by atoms with Crippen LogP contribution in [-0.2, 0) is 0 Å². The van der Waals surface area contributed by atoms with Gasteiger partial charge in [0, 0.05) is 24.7 Å². The van der Waals surface area contributed by atoms with Crippen molar-refractivity contribution in [3.8, 4) is 22.7 Å². The van der Waals surface area contributed by atoms with Gasteiger partial charge in [0.15, 0.2) is 11.5 Å².